The van der Waals surface area contributed by atoms with E-state index in [0.717, 1.165) is 0 Å². The Morgan fingerprint density at radius 2 is 1.96 bits per heavy atom. The maximum absolute atomic E-state index is 12.4. The molecule has 2 rings (SSSR count). The van der Waals surface area contributed by atoms with E-state index in [1.165, 1.54) is 21.0 Å². The summed E-state index contributed by atoms with van der Waals surface area (Å²) >= 11 is 0. The molecule has 1 unspecified atom stereocenters. The van der Waals surface area contributed by atoms with Gasteiger partial charge in [0.2, 0.25) is 0 Å². The largest absolute Gasteiger partial charge is 0.455 e. The number of Topliss-reactive ketones (excluding diaryl/α,β-unsaturated/α-hetero) is 2. The number of carbonyl (C=O) groups excluding carboxylic acids is 4. The second-order valence-corrected chi connectivity index (χ2v) is 6.35. The molecule has 0 spiro atoms. The Kier molecular flexibility index (Phi) is 5.57. The third kappa shape index (κ3) is 3.71. The first-order valence-corrected chi connectivity index (χ1v) is 8.01. The maximum atomic E-state index is 12.4. The van der Waals surface area contributed by atoms with Crippen molar-refractivity contribution in [1.82, 2.24) is 0 Å². The highest BCUT2D eigenvalue weighted by Crippen LogP contribution is 2.40. The van der Waals surface area contributed by atoms with Gasteiger partial charge in [-0.3, -0.25) is 14.4 Å². The molecule has 0 aromatic rings. The fourth-order valence-corrected chi connectivity index (χ4v) is 3.33. The van der Waals surface area contributed by atoms with Crippen LogP contribution in [0.4, 0.5) is 0 Å². The lowest BCUT2D eigenvalue weighted by Crippen LogP contribution is -2.32. The van der Waals surface area contributed by atoms with Crippen LogP contribution in [0.5, 0.6) is 0 Å². The van der Waals surface area contributed by atoms with Crippen LogP contribution in [0.1, 0.15) is 33.6 Å². The zero-order chi connectivity index (χ0) is 18.9. The van der Waals surface area contributed by atoms with Crippen molar-refractivity contribution < 1.29 is 33.4 Å². The quantitative estimate of drug-likeness (QED) is 0.526. The summed E-state index contributed by atoms with van der Waals surface area (Å²) in [6.07, 6.45) is -2.00. The van der Waals surface area contributed by atoms with Crippen LogP contribution in [-0.2, 0) is 33.4 Å². The summed E-state index contributed by atoms with van der Waals surface area (Å²) in [7, 11) is 1.51. The molecule has 0 radical (unpaired) electrons. The molecule has 1 saturated heterocycles. The maximum Gasteiger partial charge on any atom is 0.334 e. The van der Waals surface area contributed by atoms with Crippen LogP contribution in [0.15, 0.2) is 23.3 Å². The molecule has 7 heteroatoms. The second-order valence-electron chi connectivity index (χ2n) is 6.35. The molecule has 0 saturated carbocycles. The van der Waals surface area contributed by atoms with Crippen molar-refractivity contribution in [2.24, 2.45) is 5.92 Å². The predicted molar refractivity (Wildman–Crippen MR) is 86.5 cm³/mol. The number of ether oxygens (including phenoxy) is 3. The lowest BCUT2D eigenvalue weighted by atomic mass is 9.85. The standard InChI is InChI=1S/C18H22O7/c1-8-12(6-15(10(3)19)24-11(4)20)17(25-18(8)22)16-9(2)14(23-5)7-13(16)21/h12,14-15,17H,1,6-7H2,2-5H3/t12-,14?,15+,17-/m0/s1. The van der Waals surface area contributed by atoms with Crippen LogP contribution in [0.3, 0.4) is 0 Å². The van der Waals surface area contributed by atoms with Crippen molar-refractivity contribution in [1.29, 1.82) is 0 Å². The number of ketones is 2. The van der Waals surface area contributed by atoms with Crippen molar-refractivity contribution in [2.45, 2.75) is 51.9 Å². The molecule has 0 aromatic carbocycles. The first-order valence-electron chi connectivity index (χ1n) is 8.01. The Hall–Kier alpha value is -2.28. The summed E-state index contributed by atoms with van der Waals surface area (Å²) in [5.41, 5.74) is 1.25. The predicted octanol–water partition coefficient (Wildman–Crippen LogP) is 1.30. The molecular formula is C18H22O7. The van der Waals surface area contributed by atoms with Gasteiger partial charge in [0, 0.05) is 43.9 Å². The monoisotopic (exact) mass is 350 g/mol. The summed E-state index contributed by atoms with van der Waals surface area (Å²) in [6.45, 7) is 7.99. The third-order valence-electron chi connectivity index (χ3n) is 4.69. The van der Waals surface area contributed by atoms with Gasteiger partial charge in [-0.1, -0.05) is 6.58 Å². The van der Waals surface area contributed by atoms with Crippen LogP contribution in [0, 0.1) is 5.92 Å². The number of esters is 2. The van der Waals surface area contributed by atoms with Gasteiger partial charge in [-0.25, -0.2) is 4.79 Å². The Bertz CT molecular complexity index is 673. The van der Waals surface area contributed by atoms with Crippen LogP contribution < -0.4 is 0 Å². The lowest BCUT2D eigenvalue weighted by Gasteiger charge is -2.23. The number of rotatable bonds is 6. The van der Waals surface area contributed by atoms with Gasteiger partial charge in [-0.05, 0) is 19.4 Å². The Balaban J connectivity index is 2.34. The Morgan fingerprint density at radius 3 is 2.44 bits per heavy atom. The van der Waals surface area contributed by atoms with Crippen LogP contribution in [-0.4, -0.2) is 48.9 Å². The van der Waals surface area contributed by atoms with E-state index in [4.69, 9.17) is 14.2 Å². The summed E-state index contributed by atoms with van der Waals surface area (Å²) in [5, 5.41) is 0. The van der Waals surface area contributed by atoms with Crippen molar-refractivity contribution in [3.8, 4) is 0 Å². The SMILES string of the molecule is C=C1C(=O)O[C@H](C2=C(C)C(OC)CC2=O)[C@H]1C[C@@H](OC(C)=O)C(C)=O. The highest BCUT2D eigenvalue weighted by molar-refractivity contribution is 6.02. The molecule has 4 atom stereocenters. The molecule has 0 amide bonds. The molecule has 2 aliphatic rings. The number of hydrogen-bond acceptors (Lipinski definition) is 7. The number of cyclic esters (lactones) is 1. The van der Waals surface area contributed by atoms with Gasteiger partial charge < -0.3 is 14.2 Å². The fourth-order valence-electron chi connectivity index (χ4n) is 3.33. The van der Waals surface area contributed by atoms with Crippen LogP contribution in [0.2, 0.25) is 0 Å². The highest BCUT2D eigenvalue weighted by atomic mass is 16.6. The fraction of sp³-hybridized carbons (Fsp3) is 0.556. The van der Waals surface area contributed by atoms with Gasteiger partial charge >= 0.3 is 11.9 Å². The van der Waals surface area contributed by atoms with E-state index in [2.05, 4.69) is 6.58 Å². The Labute approximate surface area is 146 Å². The second kappa shape index (κ2) is 7.31. The summed E-state index contributed by atoms with van der Waals surface area (Å²) < 4.78 is 15.7. The molecule has 7 nitrogen and oxygen atoms in total. The highest BCUT2D eigenvalue weighted by Gasteiger charge is 2.47. The topological polar surface area (TPSA) is 96.0 Å². The van der Waals surface area contributed by atoms with E-state index < -0.39 is 30.1 Å². The smallest absolute Gasteiger partial charge is 0.334 e. The van der Waals surface area contributed by atoms with Gasteiger partial charge in [-0.2, -0.15) is 0 Å². The third-order valence-corrected chi connectivity index (χ3v) is 4.69. The number of methoxy groups -OCH3 is 1. The van der Waals surface area contributed by atoms with Gasteiger partial charge in [0.05, 0.1) is 6.10 Å². The molecule has 1 heterocycles. The van der Waals surface area contributed by atoms with E-state index in [9.17, 15) is 19.2 Å². The minimum absolute atomic E-state index is 0.0336. The van der Waals surface area contributed by atoms with Crippen molar-refractivity contribution in [3.63, 3.8) is 0 Å². The molecule has 0 N–H and O–H groups in total. The zero-order valence-corrected chi connectivity index (χ0v) is 14.8. The first-order chi connectivity index (χ1) is 11.7. The molecular weight excluding hydrogens is 328 g/mol. The molecule has 1 aliphatic heterocycles. The normalized spacial score (nSPS) is 27.5. The number of hydrogen-bond donors (Lipinski definition) is 0. The average molecular weight is 350 g/mol. The van der Waals surface area contributed by atoms with Crippen molar-refractivity contribution in [2.75, 3.05) is 7.11 Å². The minimum Gasteiger partial charge on any atom is -0.455 e. The molecule has 1 fully saturated rings. The molecule has 25 heavy (non-hydrogen) atoms. The molecule has 1 aliphatic carbocycles. The first kappa shape index (κ1) is 19.1. The molecule has 136 valence electrons. The van der Waals surface area contributed by atoms with Crippen LogP contribution >= 0.6 is 0 Å². The number of carbonyl (C=O) groups is 4. The van der Waals surface area contributed by atoms with Gasteiger partial charge in [0.25, 0.3) is 0 Å². The molecule has 0 aromatic heterocycles. The zero-order valence-electron chi connectivity index (χ0n) is 14.8. The van der Waals surface area contributed by atoms with Gasteiger partial charge in [0.15, 0.2) is 17.7 Å². The van der Waals surface area contributed by atoms with E-state index >= 15 is 0 Å². The van der Waals surface area contributed by atoms with Crippen LogP contribution in [0.25, 0.3) is 0 Å². The summed E-state index contributed by atoms with van der Waals surface area (Å²) in [5.74, 6) is -2.34. The lowest BCUT2D eigenvalue weighted by molar-refractivity contribution is -0.153. The van der Waals surface area contributed by atoms with Crippen molar-refractivity contribution >= 4 is 23.5 Å². The van der Waals surface area contributed by atoms with Gasteiger partial charge in [0.1, 0.15) is 6.10 Å². The van der Waals surface area contributed by atoms with Gasteiger partial charge in [-0.15, -0.1) is 0 Å². The van der Waals surface area contributed by atoms with E-state index in [0.29, 0.717) is 11.1 Å². The van der Waals surface area contributed by atoms with Crippen molar-refractivity contribution in [3.05, 3.63) is 23.3 Å². The van der Waals surface area contributed by atoms with E-state index in [1.54, 1.807) is 6.92 Å². The molecule has 0 bridgehead atoms. The minimum atomic E-state index is -1.02. The van der Waals surface area contributed by atoms with E-state index in [1.807, 2.05) is 0 Å². The summed E-state index contributed by atoms with van der Waals surface area (Å²) in [6, 6.07) is 0. The average Bonchev–Trinajstić information content (AvgIpc) is 2.95. The van der Waals surface area contributed by atoms with E-state index in [-0.39, 0.29) is 36.1 Å². The Morgan fingerprint density at radius 1 is 1.32 bits per heavy atom. The summed E-state index contributed by atoms with van der Waals surface area (Å²) in [4.78, 5) is 47.4.